The van der Waals surface area contributed by atoms with Crippen LogP contribution in [0.4, 0.5) is 0 Å². The Labute approximate surface area is 108 Å². The van der Waals surface area contributed by atoms with Gasteiger partial charge in [0.1, 0.15) is 18.3 Å². The molecule has 1 aromatic heterocycles. The first-order valence-corrected chi connectivity index (χ1v) is 5.80. The van der Waals surface area contributed by atoms with Crippen LogP contribution in [-0.2, 0) is 11.8 Å². The van der Waals surface area contributed by atoms with E-state index in [0.717, 1.165) is 4.57 Å². The number of aliphatic hydroxyl groups is 3. The van der Waals surface area contributed by atoms with E-state index in [1.165, 1.54) is 17.7 Å². The average molecular weight is 272 g/mol. The van der Waals surface area contributed by atoms with Crippen molar-refractivity contribution in [1.82, 2.24) is 9.13 Å². The van der Waals surface area contributed by atoms with Crippen LogP contribution in [0.15, 0.2) is 15.7 Å². The molecule has 0 amide bonds. The lowest BCUT2D eigenvalue weighted by atomic mass is 10.1. The molecule has 0 bridgehead atoms. The van der Waals surface area contributed by atoms with Gasteiger partial charge in [-0.2, -0.15) is 0 Å². The van der Waals surface area contributed by atoms with E-state index in [1.54, 1.807) is 6.92 Å². The van der Waals surface area contributed by atoms with Gasteiger partial charge in [0.05, 0.1) is 6.61 Å². The highest BCUT2D eigenvalue weighted by Gasteiger charge is 2.44. The molecule has 2 rings (SSSR count). The third-order valence-electron chi connectivity index (χ3n) is 3.36. The number of aromatic nitrogens is 2. The van der Waals surface area contributed by atoms with Gasteiger partial charge in [-0.3, -0.25) is 4.79 Å². The first-order valence-electron chi connectivity index (χ1n) is 5.80. The summed E-state index contributed by atoms with van der Waals surface area (Å²) in [7, 11) is 1.48. The number of rotatable bonds is 2. The van der Waals surface area contributed by atoms with Crippen molar-refractivity contribution in [2.45, 2.75) is 31.5 Å². The molecule has 0 saturated carbocycles. The molecule has 0 aliphatic carbocycles. The van der Waals surface area contributed by atoms with E-state index in [9.17, 15) is 19.8 Å². The Morgan fingerprint density at radius 2 is 1.95 bits per heavy atom. The molecule has 1 aliphatic rings. The van der Waals surface area contributed by atoms with E-state index in [1.807, 2.05) is 0 Å². The van der Waals surface area contributed by atoms with E-state index in [2.05, 4.69) is 0 Å². The summed E-state index contributed by atoms with van der Waals surface area (Å²) in [6.45, 7) is 1.08. The van der Waals surface area contributed by atoms with Crippen molar-refractivity contribution in [3.05, 3.63) is 32.6 Å². The summed E-state index contributed by atoms with van der Waals surface area (Å²) in [5.41, 5.74) is -0.812. The molecule has 0 unspecified atom stereocenters. The van der Waals surface area contributed by atoms with Crippen molar-refractivity contribution in [1.29, 1.82) is 0 Å². The lowest BCUT2D eigenvalue weighted by Gasteiger charge is -2.18. The summed E-state index contributed by atoms with van der Waals surface area (Å²) in [6.07, 6.45) is -5.14. The minimum Gasteiger partial charge on any atom is -0.394 e. The minimum atomic E-state index is -1.45. The number of hydrogen-bond donors (Lipinski definition) is 3. The van der Waals surface area contributed by atoms with Gasteiger partial charge in [-0.1, -0.05) is 0 Å². The molecule has 8 nitrogen and oxygen atoms in total. The molecule has 1 saturated heterocycles. The zero-order valence-electron chi connectivity index (χ0n) is 10.6. The lowest BCUT2D eigenvalue weighted by molar-refractivity contribution is -0.0569. The zero-order chi connectivity index (χ0) is 14.3. The van der Waals surface area contributed by atoms with E-state index in [-0.39, 0.29) is 0 Å². The van der Waals surface area contributed by atoms with Crippen LogP contribution in [0, 0.1) is 6.92 Å². The van der Waals surface area contributed by atoms with Crippen LogP contribution in [0.3, 0.4) is 0 Å². The van der Waals surface area contributed by atoms with Gasteiger partial charge in [-0.15, -0.1) is 0 Å². The highest BCUT2D eigenvalue weighted by atomic mass is 16.6. The van der Waals surface area contributed by atoms with Crippen LogP contribution in [0.2, 0.25) is 0 Å². The highest BCUT2D eigenvalue weighted by Crippen LogP contribution is 2.27. The second kappa shape index (κ2) is 4.89. The van der Waals surface area contributed by atoms with Crippen LogP contribution in [-0.4, -0.2) is 49.4 Å². The Hall–Kier alpha value is -1.48. The number of aliphatic hydroxyl groups excluding tert-OH is 3. The SMILES string of the molecule is Cc1cc(=O)n([C@@H]2O[C@H](CO)[C@@H](O)[C@H]2O)c(=O)n1C. The van der Waals surface area contributed by atoms with Crippen LogP contribution in [0.25, 0.3) is 0 Å². The van der Waals surface area contributed by atoms with Crippen molar-refractivity contribution in [2.75, 3.05) is 6.61 Å². The summed E-state index contributed by atoms with van der Waals surface area (Å²) in [4.78, 5) is 23.9. The molecular weight excluding hydrogens is 256 g/mol. The summed E-state index contributed by atoms with van der Waals surface area (Å²) in [6, 6.07) is 1.23. The average Bonchev–Trinajstić information content (AvgIpc) is 2.64. The van der Waals surface area contributed by atoms with Crippen molar-refractivity contribution < 1.29 is 20.1 Å². The van der Waals surface area contributed by atoms with E-state index >= 15 is 0 Å². The lowest BCUT2D eigenvalue weighted by Crippen LogP contribution is -2.45. The van der Waals surface area contributed by atoms with Crippen LogP contribution in [0.1, 0.15) is 11.9 Å². The monoisotopic (exact) mass is 272 g/mol. The van der Waals surface area contributed by atoms with Gasteiger partial charge >= 0.3 is 5.69 Å². The molecule has 1 fully saturated rings. The normalized spacial score (nSPS) is 30.8. The van der Waals surface area contributed by atoms with Gasteiger partial charge < -0.3 is 24.6 Å². The van der Waals surface area contributed by atoms with Crippen molar-refractivity contribution in [2.24, 2.45) is 7.05 Å². The second-order valence-corrected chi connectivity index (χ2v) is 4.56. The molecule has 106 valence electrons. The van der Waals surface area contributed by atoms with Crippen molar-refractivity contribution in [3.8, 4) is 0 Å². The van der Waals surface area contributed by atoms with Crippen LogP contribution in [0.5, 0.6) is 0 Å². The summed E-state index contributed by atoms with van der Waals surface area (Å²) in [5.74, 6) is 0. The van der Waals surface area contributed by atoms with Gasteiger partial charge in [-0.25, -0.2) is 9.36 Å². The number of nitrogens with zero attached hydrogens (tertiary/aromatic N) is 2. The number of ether oxygens (including phenoxy) is 1. The quantitative estimate of drug-likeness (QED) is 0.547. The van der Waals surface area contributed by atoms with Gasteiger partial charge in [0, 0.05) is 18.8 Å². The zero-order valence-corrected chi connectivity index (χ0v) is 10.6. The highest BCUT2D eigenvalue weighted by molar-refractivity contribution is 5.01. The molecule has 0 radical (unpaired) electrons. The molecule has 8 heteroatoms. The first kappa shape index (κ1) is 13.9. The third kappa shape index (κ3) is 2.12. The molecule has 1 aromatic rings. The Kier molecular flexibility index (Phi) is 3.59. The summed E-state index contributed by atoms with van der Waals surface area (Å²) < 4.78 is 7.14. The summed E-state index contributed by atoms with van der Waals surface area (Å²) in [5, 5.41) is 28.5. The molecule has 19 heavy (non-hydrogen) atoms. The molecule has 1 aliphatic heterocycles. The van der Waals surface area contributed by atoms with E-state index in [0.29, 0.717) is 5.69 Å². The second-order valence-electron chi connectivity index (χ2n) is 4.56. The minimum absolute atomic E-state index is 0.470. The Morgan fingerprint density at radius 3 is 2.47 bits per heavy atom. The van der Waals surface area contributed by atoms with Gasteiger partial charge in [-0.05, 0) is 6.92 Å². The summed E-state index contributed by atoms with van der Waals surface area (Å²) >= 11 is 0. The predicted octanol–water partition coefficient (Wildman–Crippen LogP) is -2.53. The van der Waals surface area contributed by atoms with Gasteiger partial charge in [0.15, 0.2) is 6.23 Å². The maximum Gasteiger partial charge on any atom is 0.333 e. The van der Waals surface area contributed by atoms with Crippen LogP contribution < -0.4 is 11.2 Å². The maximum absolute atomic E-state index is 12.0. The molecule has 0 spiro atoms. The molecule has 3 N–H and O–H groups in total. The van der Waals surface area contributed by atoms with Crippen molar-refractivity contribution >= 4 is 0 Å². The van der Waals surface area contributed by atoms with E-state index < -0.39 is 42.4 Å². The Balaban J connectivity index is 2.53. The van der Waals surface area contributed by atoms with Crippen LogP contribution >= 0.6 is 0 Å². The fourth-order valence-corrected chi connectivity index (χ4v) is 2.08. The smallest absolute Gasteiger partial charge is 0.333 e. The standard InChI is InChI=1S/C11H16N2O6/c1-5-3-7(15)13(11(18)12(5)2)10-9(17)8(16)6(4-14)19-10/h3,6,8-10,14,16-17H,4H2,1-2H3/t6-,8-,9-,10-/m1/s1. The molecule has 4 atom stereocenters. The van der Waals surface area contributed by atoms with E-state index in [4.69, 9.17) is 9.84 Å². The van der Waals surface area contributed by atoms with Gasteiger partial charge in [0.25, 0.3) is 5.56 Å². The van der Waals surface area contributed by atoms with Crippen molar-refractivity contribution in [3.63, 3.8) is 0 Å². The first-order chi connectivity index (χ1) is 8.88. The Bertz CT molecular complexity index is 592. The largest absolute Gasteiger partial charge is 0.394 e. The third-order valence-corrected chi connectivity index (χ3v) is 3.36. The number of hydrogen-bond acceptors (Lipinski definition) is 6. The fraction of sp³-hybridized carbons (Fsp3) is 0.636. The van der Waals surface area contributed by atoms with Gasteiger partial charge in [0.2, 0.25) is 0 Å². The molecular formula is C11H16N2O6. The fourth-order valence-electron chi connectivity index (χ4n) is 2.08. The topological polar surface area (TPSA) is 114 Å². The molecule has 0 aromatic carbocycles. The predicted molar refractivity (Wildman–Crippen MR) is 63.7 cm³/mol. The molecule has 2 heterocycles. The Morgan fingerprint density at radius 1 is 1.32 bits per heavy atom. The maximum atomic E-state index is 12.0. The number of aryl methyl sites for hydroxylation is 1.